The van der Waals surface area contributed by atoms with Crippen molar-refractivity contribution in [2.24, 2.45) is 0 Å². The second-order valence-electron chi connectivity index (χ2n) is 3.33. The molecule has 10 heteroatoms. The van der Waals surface area contributed by atoms with Crippen LogP contribution < -0.4 is 4.72 Å². The van der Waals surface area contributed by atoms with Crippen LogP contribution in [0.5, 0.6) is 0 Å². The van der Waals surface area contributed by atoms with E-state index in [4.69, 9.17) is 5.11 Å². The number of aliphatic carboxylic acids is 1. The first-order valence-electron chi connectivity index (χ1n) is 5.04. The number of nitrogens with zero attached hydrogens (tertiary/aromatic N) is 1. The molecule has 0 aromatic carbocycles. The van der Waals surface area contributed by atoms with E-state index < -0.39 is 29.2 Å². The van der Waals surface area contributed by atoms with Crippen molar-refractivity contribution in [2.45, 2.75) is 12.8 Å². The summed E-state index contributed by atoms with van der Waals surface area (Å²) in [6.45, 7) is -1.28. The molecular formula is C8H16F2N2O5S. The Labute approximate surface area is 104 Å². The smallest absolute Gasteiger partial charge is 0.304 e. The van der Waals surface area contributed by atoms with Crippen LogP contribution in [-0.4, -0.2) is 63.6 Å². The van der Waals surface area contributed by atoms with Gasteiger partial charge in [0, 0.05) is 20.1 Å². The number of nitrogens with one attached hydrogen (secondary N) is 1. The van der Waals surface area contributed by atoms with Crippen molar-refractivity contribution in [1.82, 2.24) is 9.03 Å². The number of rotatable bonds is 10. The van der Waals surface area contributed by atoms with Crippen molar-refractivity contribution >= 4 is 16.2 Å². The Balaban J connectivity index is 3.88. The Morgan fingerprint density at radius 1 is 1.50 bits per heavy atom. The van der Waals surface area contributed by atoms with Crippen LogP contribution in [0.25, 0.3) is 0 Å². The van der Waals surface area contributed by atoms with Crippen molar-refractivity contribution < 1.29 is 31.8 Å². The molecule has 7 nitrogen and oxygen atoms in total. The van der Waals surface area contributed by atoms with Gasteiger partial charge in [0.05, 0.1) is 13.0 Å². The van der Waals surface area contributed by atoms with Gasteiger partial charge < -0.3 is 9.84 Å². The fourth-order valence-corrected chi connectivity index (χ4v) is 1.79. The number of carboxylic acid groups (broad SMARTS) is 1. The molecule has 0 bridgehead atoms. The Bertz CT molecular complexity index is 349. The van der Waals surface area contributed by atoms with Crippen LogP contribution in [0.2, 0.25) is 0 Å². The lowest BCUT2D eigenvalue weighted by molar-refractivity contribution is -0.137. The van der Waals surface area contributed by atoms with Crippen molar-refractivity contribution in [2.75, 3.05) is 33.4 Å². The van der Waals surface area contributed by atoms with Gasteiger partial charge in [-0.3, -0.25) is 4.79 Å². The van der Waals surface area contributed by atoms with Crippen LogP contribution in [0.1, 0.15) is 6.42 Å². The zero-order chi connectivity index (χ0) is 14.2. The number of alkyl halides is 2. The van der Waals surface area contributed by atoms with Crippen LogP contribution in [0.15, 0.2) is 0 Å². The summed E-state index contributed by atoms with van der Waals surface area (Å²) in [6.07, 6.45) is -2.92. The quantitative estimate of drug-likeness (QED) is 0.529. The monoisotopic (exact) mass is 290 g/mol. The molecule has 0 unspecified atom stereocenters. The lowest BCUT2D eigenvalue weighted by Crippen LogP contribution is -2.40. The first-order chi connectivity index (χ1) is 8.25. The Hall–Kier alpha value is -0.840. The van der Waals surface area contributed by atoms with E-state index in [9.17, 15) is 22.0 Å². The average molecular weight is 290 g/mol. The average Bonchev–Trinajstić information content (AvgIpc) is 2.24. The van der Waals surface area contributed by atoms with E-state index in [1.165, 1.54) is 7.05 Å². The summed E-state index contributed by atoms with van der Waals surface area (Å²) < 4.78 is 53.7. The second kappa shape index (κ2) is 8.29. The van der Waals surface area contributed by atoms with Crippen LogP contribution >= 0.6 is 0 Å². The Morgan fingerprint density at radius 2 is 2.11 bits per heavy atom. The van der Waals surface area contributed by atoms with Gasteiger partial charge in [0.25, 0.3) is 16.6 Å². The van der Waals surface area contributed by atoms with Gasteiger partial charge in [-0.15, -0.1) is 0 Å². The number of carbonyl (C=O) groups is 1. The number of halogens is 2. The fourth-order valence-electron chi connectivity index (χ4n) is 0.899. The third-order valence-electron chi connectivity index (χ3n) is 1.83. The first-order valence-corrected chi connectivity index (χ1v) is 6.48. The molecule has 0 rings (SSSR count). The zero-order valence-electron chi connectivity index (χ0n) is 9.80. The molecule has 0 radical (unpaired) electrons. The van der Waals surface area contributed by atoms with E-state index in [0.717, 1.165) is 4.31 Å². The van der Waals surface area contributed by atoms with Gasteiger partial charge >= 0.3 is 5.97 Å². The highest BCUT2D eigenvalue weighted by Gasteiger charge is 2.17. The molecule has 108 valence electrons. The predicted octanol–water partition coefficient (Wildman–Crippen LogP) is -0.491. The minimum absolute atomic E-state index is 0.160. The van der Waals surface area contributed by atoms with E-state index in [2.05, 4.69) is 9.46 Å². The molecule has 0 amide bonds. The minimum atomic E-state index is -3.80. The highest BCUT2D eigenvalue weighted by atomic mass is 32.2. The van der Waals surface area contributed by atoms with Crippen LogP contribution in [0.4, 0.5) is 8.78 Å². The lowest BCUT2D eigenvalue weighted by Gasteiger charge is -2.16. The fraction of sp³-hybridized carbons (Fsp3) is 0.875. The van der Waals surface area contributed by atoms with Gasteiger partial charge in [-0.05, 0) is 0 Å². The molecule has 0 aromatic rings. The van der Waals surface area contributed by atoms with E-state index in [0.29, 0.717) is 0 Å². The maximum atomic E-state index is 11.7. The maximum Gasteiger partial charge on any atom is 0.304 e. The number of hydrogen-bond acceptors (Lipinski definition) is 4. The normalized spacial score (nSPS) is 12.3. The highest BCUT2D eigenvalue weighted by Crippen LogP contribution is 1.96. The molecule has 0 atom stereocenters. The summed E-state index contributed by atoms with van der Waals surface area (Å²) in [6, 6.07) is 0. The standard InChI is InChI=1S/C8H16F2N2O5S/c1-12(4-2-8(13)14)18(15,16)11-3-5-17-6-7(9)10/h7,11H,2-6H2,1H3,(H,13,14). The third-order valence-corrected chi connectivity index (χ3v) is 3.40. The summed E-state index contributed by atoms with van der Waals surface area (Å²) >= 11 is 0. The molecule has 0 fully saturated rings. The summed E-state index contributed by atoms with van der Waals surface area (Å²) in [5.74, 6) is -1.11. The summed E-state index contributed by atoms with van der Waals surface area (Å²) in [4.78, 5) is 10.3. The van der Waals surface area contributed by atoms with Gasteiger partial charge in [0.2, 0.25) is 0 Å². The molecule has 0 saturated heterocycles. The topological polar surface area (TPSA) is 95.9 Å². The molecule has 0 aromatic heterocycles. The molecular weight excluding hydrogens is 274 g/mol. The van der Waals surface area contributed by atoms with E-state index in [1.54, 1.807) is 0 Å². The third kappa shape index (κ3) is 8.28. The van der Waals surface area contributed by atoms with Crippen molar-refractivity contribution in [3.8, 4) is 0 Å². The largest absolute Gasteiger partial charge is 0.481 e. The van der Waals surface area contributed by atoms with E-state index in [1.807, 2.05) is 0 Å². The van der Waals surface area contributed by atoms with Gasteiger partial charge in [-0.25, -0.2) is 8.78 Å². The lowest BCUT2D eigenvalue weighted by atomic mass is 10.4. The minimum Gasteiger partial charge on any atom is -0.481 e. The molecule has 0 aliphatic carbocycles. The molecule has 0 spiro atoms. The van der Waals surface area contributed by atoms with Gasteiger partial charge in [-0.1, -0.05) is 0 Å². The Morgan fingerprint density at radius 3 is 2.61 bits per heavy atom. The van der Waals surface area contributed by atoms with Gasteiger partial charge in [0.15, 0.2) is 0 Å². The van der Waals surface area contributed by atoms with Crippen molar-refractivity contribution in [1.29, 1.82) is 0 Å². The Kier molecular flexibility index (Phi) is 7.91. The number of carboxylic acids is 1. The maximum absolute atomic E-state index is 11.7. The van der Waals surface area contributed by atoms with E-state index >= 15 is 0 Å². The van der Waals surface area contributed by atoms with Gasteiger partial charge in [-0.2, -0.15) is 17.4 Å². The first kappa shape index (κ1) is 17.2. The number of hydrogen-bond donors (Lipinski definition) is 2. The highest BCUT2D eigenvalue weighted by molar-refractivity contribution is 7.87. The predicted molar refractivity (Wildman–Crippen MR) is 58.6 cm³/mol. The second-order valence-corrected chi connectivity index (χ2v) is 5.19. The molecule has 0 saturated carbocycles. The molecule has 0 aliphatic heterocycles. The van der Waals surface area contributed by atoms with Crippen molar-refractivity contribution in [3.63, 3.8) is 0 Å². The summed E-state index contributed by atoms with van der Waals surface area (Å²) in [5, 5.41) is 8.39. The molecule has 18 heavy (non-hydrogen) atoms. The summed E-state index contributed by atoms with van der Waals surface area (Å²) in [5.41, 5.74) is 0. The van der Waals surface area contributed by atoms with E-state index in [-0.39, 0.29) is 26.1 Å². The van der Waals surface area contributed by atoms with Gasteiger partial charge in [0.1, 0.15) is 6.61 Å². The van der Waals surface area contributed by atoms with Crippen LogP contribution in [0, 0.1) is 0 Å². The molecule has 2 N–H and O–H groups in total. The summed E-state index contributed by atoms with van der Waals surface area (Å²) in [7, 11) is -2.59. The van der Waals surface area contributed by atoms with Crippen LogP contribution in [0.3, 0.4) is 0 Å². The van der Waals surface area contributed by atoms with Crippen LogP contribution in [-0.2, 0) is 19.7 Å². The number of ether oxygens (including phenoxy) is 1. The SMILES string of the molecule is CN(CCC(=O)O)S(=O)(=O)NCCOCC(F)F. The van der Waals surface area contributed by atoms with Crippen molar-refractivity contribution in [3.05, 3.63) is 0 Å². The molecule has 0 heterocycles. The zero-order valence-corrected chi connectivity index (χ0v) is 10.6. The molecule has 0 aliphatic rings.